The summed E-state index contributed by atoms with van der Waals surface area (Å²) in [5, 5.41) is 16.8. The van der Waals surface area contributed by atoms with Gasteiger partial charge in [-0.1, -0.05) is 0 Å². The number of thiophene rings is 1. The van der Waals surface area contributed by atoms with Crippen LogP contribution in [0, 0.1) is 0 Å². The van der Waals surface area contributed by atoms with Crippen molar-refractivity contribution in [2.24, 2.45) is 0 Å². The molecule has 0 saturated carbocycles. The van der Waals surface area contributed by atoms with Gasteiger partial charge in [0.2, 0.25) is 0 Å². The number of aromatic nitrogens is 4. The fraction of sp³-hybridized carbons (Fsp3) is 0.308. The van der Waals surface area contributed by atoms with Gasteiger partial charge in [-0.25, -0.2) is 0 Å². The van der Waals surface area contributed by atoms with Crippen LogP contribution in [0.5, 0.6) is 0 Å². The zero-order valence-electron chi connectivity index (χ0n) is 10.3. The Labute approximate surface area is 114 Å². The van der Waals surface area contributed by atoms with E-state index in [4.69, 9.17) is 0 Å². The zero-order valence-corrected chi connectivity index (χ0v) is 11.1. The van der Waals surface area contributed by atoms with E-state index in [2.05, 4.69) is 37.0 Å². The average Bonchev–Trinajstić information content (AvgIpc) is 3.18. The molecule has 4 heterocycles. The van der Waals surface area contributed by atoms with E-state index >= 15 is 0 Å². The van der Waals surface area contributed by atoms with Crippen molar-refractivity contribution < 1.29 is 0 Å². The minimum absolute atomic E-state index is 0.452. The third-order valence-corrected chi connectivity index (χ3v) is 4.32. The van der Waals surface area contributed by atoms with Gasteiger partial charge in [-0.05, 0) is 47.4 Å². The Morgan fingerprint density at radius 2 is 2.26 bits per heavy atom. The van der Waals surface area contributed by atoms with Crippen LogP contribution in [0.2, 0.25) is 0 Å². The van der Waals surface area contributed by atoms with E-state index in [1.54, 1.807) is 22.2 Å². The molecular formula is C13H13N5S. The second-order valence-corrected chi connectivity index (χ2v) is 5.51. The number of anilines is 1. The topological polar surface area (TPSA) is 46.3 Å². The van der Waals surface area contributed by atoms with E-state index in [9.17, 15) is 0 Å². The molecule has 0 aliphatic carbocycles. The van der Waals surface area contributed by atoms with Crippen LogP contribution < -0.4 is 4.90 Å². The van der Waals surface area contributed by atoms with Gasteiger partial charge >= 0.3 is 0 Å². The first-order chi connectivity index (χ1) is 9.42. The van der Waals surface area contributed by atoms with Crippen LogP contribution in [0.15, 0.2) is 35.3 Å². The van der Waals surface area contributed by atoms with Gasteiger partial charge in [0.15, 0.2) is 5.65 Å². The standard InChI is InChI=1S/C13H13N5S/c1-2-11(10-5-7-19-8-10)17(6-1)13-4-3-12-15-14-9-18(12)16-13/h3-5,7-9,11H,1-2,6H2. The Morgan fingerprint density at radius 1 is 1.26 bits per heavy atom. The van der Waals surface area contributed by atoms with Crippen molar-refractivity contribution in [3.8, 4) is 0 Å². The van der Waals surface area contributed by atoms with Gasteiger partial charge in [-0.15, -0.1) is 15.3 Å². The van der Waals surface area contributed by atoms with E-state index < -0.39 is 0 Å². The first-order valence-electron chi connectivity index (χ1n) is 6.37. The lowest BCUT2D eigenvalue weighted by Gasteiger charge is -2.24. The lowest BCUT2D eigenvalue weighted by atomic mass is 10.1. The monoisotopic (exact) mass is 271 g/mol. The predicted molar refractivity (Wildman–Crippen MR) is 74.4 cm³/mol. The second-order valence-electron chi connectivity index (χ2n) is 4.73. The van der Waals surface area contributed by atoms with Crippen LogP contribution in [0.1, 0.15) is 24.4 Å². The molecule has 0 spiro atoms. The molecule has 0 N–H and O–H groups in total. The molecular weight excluding hydrogens is 258 g/mol. The maximum absolute atomic E-state index is 4.60. The summed E-state index contributed by atoms with van der Waals surface area (Å²) in [6, 6.07) is 6.67. The lowest BCUT2D eigenvalue weighted by molar-refractivity contribution is 0.704. The number of rotatable bonds is 2. The Bertz CT molecular complexity index is 690. The highest BCUT2D eigenvalue weighted by Crippen LogP contribution is 2.35. The first kappa shape index (κ1) is 10.9. The van der Waals surface area contributed by atoms with E-state index in [0.717, 1.165) is 18.0 Å². The normalized spacial score (nSPS) is 19.4. The number of fused-ring (bicyclic) bond motifs is 1. The van der Waals surface area contributed by atoms with Gasteiger partial charge in [0.1, 0.15) is 12.1 Å². The maximum atomic E-state index is 4.60. The summed E-state index contributed by atoms with van der Waals surface area (Å²) in [5.41, 5.74) is 2.18. The molecule has 1 atom stereocenters. The molecule has 0 amide bonds. The highest BCUT2D eigenvalue weighted by molar-refractivity contribution is 7.08. The lowest BCUT2D eigenvalue weighted by Crippen LogP contribution is -2.23. The van der Waals surface area contributed by atoms with Crippen molar-refractivity contribution in [3.63, 3.8) is 0 Å². The number of hydrogen-bond acceptors (Lipinski definition) is 5. The highest BCUT2D eigenvalue weighted by Gasteiger charge is 2.27. The van der Waals surface area contributed by atoms with Crippen LogP contribution >= 0.6 is 11.3 Å². The summed E-state index contributed by atoms with van der Waals surface area (Å²) in [5.74, 6) is 1.00. The molecule has 3 aromatic heterocycles. The number of nitrogens with zero attached hydrogens (tertiary/aromatic N) is 5. The summed E-state index contributed by atoms with van der Waals surface area (Å²) in [6.45, 7) is 1.06. The average molecular weight is 271 g/mol. The molecule has 96 valence electrons. The molecule has 1 saturated heterocycles. The Morgan fingerprint density at radius 3 is 3.16 bits per heavy atom. The van der Waals surface area contributed by atoms with Crippen molar-refractivity contribution in [3.05, 3.63) is 40.8 Å². The van der Waals surface area contributed by atoms with Gasteiger partial charge in [0.05, 0.1) is 6.04 Å². The Kier molecular flexibility index (Phi) is 2.48. The van der Waals surface area contributed by atoms with Crippen LogP contribution in [0.25, 0.3) is 5.65 Å². The number of hydrogen-bond donors (Lipinski definition) is 0. The van der Waals surface area contributed by atoms with Crippen LogP contribution in [0.4, 0.5) is 5.82 Å². The third-order valence-electron chi connectivity index (χ3n) is 3.62. The quantitative estimate of drug-likeness (QED) is 0.718. The van der Waals surface area contributed by atoms with Crippen molar-refractivity contribution in [1.82, 2.24) is 19.8 Å². The van der Waals surface area contributed by atoms with Crippen molar-refractivity contribution in [1.29, 1.82) is 0 Å². The summed E-state index contributed by atoms with van der Waals surface area (Å²) in [4.78, 5) is 2.38. The summed E-state index contributed by atoms with van der Waals surface area (Å²) in [6.07, 6.45) is 4.05. The fourth-order valence-corrected chi connectivity index (χ4v) is 3.43. The molecule has 1 aliphatic rings. The molecule has 0 radical (unpaired) electrons. The largest absolute Gasteiger partial charge is 0.348 e. The van der Waals surface area contributed by atoms with Crippen molar-refractivity contribution in [2.45, 2.75) is 18.9 Å². The molecule has 4 rings (SSSR count). The van der Waals surface area contributed by atoms with Crippen LogP contribution in [0.3, 0.4) is 0 Å². The van der Waals surface area contributed by atoms with Crippen LogP contribution in [-0.4, -0.2) is 26.4 Å². The third kappa shape index (κ3) is 1.79. The predicted octanol–water partition coefficient (Wildman–Crippen LogP) is 2.53. The van der Waals surface area contributed by atoms with Crippen molar-refractivity contribution in [2.75, 3.05) is 11.4 Å². The fourth-order valence-electron chi connectivity index (χ4n) is 2.72. The smallest absolute Gasteiger partial charge is 0.177 e. The van der Waals surface area contributed by atoms with Gasteiger partial charge < -0.3 is 4.90 Å². The molecule has 1 fully saturated rings. The van der Waals surface area contributed by atoms with E-state index in [1.807, 2.05) is 12.1 Å². The molecule has 3 aromatic rings. The minimum atomic E-state index is 0.452. The molecule has 0 aromatic carbocycles. The SMILES string of the molecule is c1cc(C2CCCN2c2ccc3nncn3n2)cs1. The minimum Gasteiger partial charge on any atom is -0.348 e. The molecule has 0 bridgehead atoms. The van der Waals surface area contributed by atoms with Crippen LogP contribution in [-0.2, 0) is 0 Å². The van der Waals surface area contributed by atoms with E-state index in [0.29, 0.717) is 6.04 Å². The Balaban J connectivity index is 1.73. The van der Waals surface area contributed by atoms with E-state index in [1.165, 1.54) is 18.4 Å². The maximum Gasteiger partial charge on any atom is 0.177 e. The van der Waals surface area contributed by atoms with Gasteiger partial charge in [-0.2, -0.15) is 15.9 Å². The molecule has 19 heavy (non-hydrogen) atoms. The van der Waals surface area contributed by atoms with E-state index in [-0.39, 0.29) is 0 Å². The molecule has 1 aliphatic heterocycles. The van der Waals surface area contributed by atoms with Gasteiger partial charge in [0, 0.05) is 6.54 Å². The first-order valence-corrected chi connectivity index (χ1v) is 7.32. The van der Waals surface area contributed by atoms with Crippen molar-refractivity contribution >= 4 is 22.8 Å². The molecule has 5 nitrogen and oxygen atoms in total. The summed E-state index contributed by atoms with van der Waals surface area (Å²) < 4.78 is 1.73. The summed E-state index contributed by atoms with van der Waals surface area (Å²) >= 11 is 1.76. The zero-order chi connectivity index (χ0) is 12.7. The summed E-state index contributed by atoms with van der Waals surface area (Å²) in [7, 11) is 0. The Hall–Kier alpha value is -1.95. The molecule has 6 heteroatoms. The highest BCUT2D eigenvalue weighted by atomic mass is 32.1. The van der Waals surface area contributed by atoms with Gasteiger partial charge in [-0.3, -0.25) is 0 Å². The molecule has 1 unspecified atom stereocenters. The second kappa shape index (κ2) is 4.31. The van der Waals surface area contributed by atoms with Gasteiger partial charge in [0.25, 0.3) is 0 Å².